The molecule has 1 aliphatic heterocycles. The van der Waals surface area contributed by atoms with Gasteiger partial charge in [0.05, 0.1) is 12.7 Å². The summed E-state index contributed by atoms with van der Waals surface area (Å²) < 4.78 is 6.40. The van der Waals surface area contributed by atoms with Gasteiger partial charge in [-0.3, -0.25) is 19.4 Å². The lowest BCUT2D eigenvalue weighted by atomic mass is 10.1. The molecule has 1 saturated heterocycles. The number of likely N-dealkylation sites (tertiary alicyclic amines) is 1. The first-order chi connectivity index (χ1) is 18.9. The molecule has 1 atom stereocenters. The van der Waals surface area contributed by atoms with Gasteiger partial charge in [-0.25, -0.2) is 4.98 Å². The quantitative estimate of drug-likeness (QED) is 0.349. The molecule has 9 nitrogen and oxygen atoms in total. The van der Waals surface area contributed by atoms with E-state index in [4.69, 9.17) is 27.9 Å². The van der Waals surface area contributed by atoms with Gasteiger partial charge in [0.25, 0.3) is 5.19 Å². The molecule has 3 aromatic rings. The van der Waals surface area contributed by atoms with Crippen molar-refractivity contribution in [1.29, 1.82) is 0 Å². The second kappa shape index (κ2) is 14.1. The first-order valence-electron chi connectivity index (χ1n) is 12.3. The molecule has 3 amide bonds. The number of rotatable bonds is 10. The normalized spacial score (nSPS) is 14.7. The first kappa shape index (κ1) is 28.5. The van der Waals surface area contributed by atoms with Crippen molar-refractivity contribution in [1.82, 2.24) is 25.5 Å². The minimum atomic E-state index is -0.917. The summed E-state index contributed by atoms with van der Waals surface area (Å²) in [5.74, 6) is -1.12. The Balaban J connectivity index is 1.29. The van der Waals surface area contributed by atoms with Crippen molar-refractivity contribution in [2.24, 2.45) is 0 Å². The summed E-state index contributed by atoms with van der Waals surface area (Å²) in [6.07, 6.45) is 7.55. The number of hydrogen-bond acceptors (Lipinski definition) is 7. The molecule has 1 aromatic carbocycles. The van der Waals surface area contributed by atoms with Gasteiger partial charge in [0.2, 0.25) is 17.7 Å². The molecule has 3 heterocycles. The van der Waals surface area contributed by atoms with Gasteiger partial charge >= 0.3 is 0 Å². The average Bonchev–Trinajstić information content (AvgIpc) is 3.36. The Morgan fingerprint density at radius 1 is 1.10 bits per heavy atom. The standard InChI is InChI=1S/C27H27Cl2N5O4S/c28-19-7-4-18(5-8-19)6-9-24(35)33-22(15-20-3-1-2-12-30-20)26(37)31-17-25(36)34-13-10-21(11-14-34)38-27-32-16-23(29)39-27/h1-9,12,16,21-22H,10-11,13-15,17H2,(H,31,37)(H,33,35)/b9-6+/t22-/m0/s1. The maximum atomic E-state index is 13.0. The number of aromatic nitrogens is 2. The minimum absolute atomic E-state index is 0.0512. The zero-order valence-corrected chi connectivity index (χ0v) is 23.2. The third-order valence-electron chi connectivity index (χ3n) is 6.00. The molecule has 1 aliphatic rings. The highest BCUT2D eigenvalue weighted by Crippen LogP contribution is 2.27. The van der Waals surface area contributed by atoms with E-state index in [1.807, 2.05) is 0 Å². The van der Waals surface area contributed by atoms with Crippen LogP contribution < -0.4 is 15.4 Å². The SMILES string of the molecule is O=C(/C=C/c1ccc(Cl)cc1)N[C@@H](Cc1ccccn1)C(=O)NCC(=O)N1CCC(Oc2ncc(Cl)s2)CC1. The van der Waals surface area contributed by atoms with Gasteiger partial charge < -0.3 is 20.3 Å². The molecule has 2 N–H and O–H groups in total. The number of amides is 3. The van der Waals surface area contributed by atoms with E-state index in [2.05, 4.69) is 20.6 Å². The number of carbonyl (C=O) groups excluding carboxylic acids is 3. The molecule has 0 radical (unpaired) electrons. The first-order valence-corrected chi connectivity index (χ1v) is 13.9. The van der Waals surface area contributed by atoms with Crippen molar-refractivity contribution in [3.05, 3.63) is 81.6 Å². The predicted octanol–water partition coefficient (Wildman–Crippen LogP) is 3.77. The van der Waals surface area contributed by atoms with Gasteiger partial charge in [-0.2, -0.15) is 0 Å². The number of carbonyl (C=O) groups is 3. The van der Waals surface area contributed by atoms with Crippen LogP contribution in [-0.4, -0.2) is 64.4 Å². The Bertz CT molecular complexity index is 1300. The van der Waals surface area contributed by atoms with Crippen molar-refractivity contribution >= 4 is 58.3 Å². The largest absolute Gasteiger partial charge is 0.467 e. The number of piperidine rings is 1. The van der Waals surface area contributed by atoms with Crippen molar-refractivity contribution < 1.29 is 19.1 Å². The van der Waals surface area contributed by atoms with Crippen LogP contribution in [0.4, 0.5) is 0 Å². The molecule has 12 heteroatoms. The van der Waals surface area contributed by atoms with Gasteiger partial charge in [-0.15, -0.1) is 0 Å². The highest BCUT2D eigenvalue weighted by Gasteiger charge is 2.26. The number of hydrogen-bond donors (Lipinski definition) is 2. The molecule has 0 bridgehead atoms. The van der Waals surface area contributed by atoms with Gasteiger partial charge in [0.1, 0.15) is 16.5 Å². The fraction of sp³-hybridized carbons (Fsp3) is 0.296. The summed E-state index contributed by atoms with van der Waals surface area (Å²) in [5, 5.41) is 6.50. The van der Waals surface area contributed by atoms with Crippen LogP contribution in [0, 0.1) is 0 Å². The van der Waals surface area contributed by atoms with E-state index in [-0.39, 0.29) is 25.0 Å². The molecule has 39 heavy (non-hydrogen) atoms. The molecular formula is C27H27Cl2N5O4S. The van der Waals surface area contributed by atoms with Crippen molar-refractivity contribution in [3.63, 3.8) is 0 Å². The van der Waals surface area contributed by atoms with Crippen molar-refractivity contribution in [2.75, 3.05) is 19.6 Å². The number of benzene rings is 1. The lowest BCUT2D eigenvalue weighted by Crippen LogP contribution is -2.51. The van der Waals surface area contributed by atoms with Crippen molar-refractivity contribution in [3.8, 4) is 5.19 Å². The second-order valence-corrected chi connectivity index (χ2v) is 10.9. The predicted molar refractivity (Wildman–Crippen MR) is 151 cm³/mol. The fourth-order valence-electron chi connectivity index (χ4n) is 3.96. The van der Waals surface area contributed by atoms with Gasteiger partial charge in [-0.1, -0.05) is 52.7 Å². The molecule has 1 fully saturated rings. The van der Waals surface area contributed by atoms with E-state index < -0.39 is 17.9 Å². The lowest BCUT2D eigenvalue weighted by molar-refractivity contribution is -0.135. The monoisotopic (exact) mass is 587 g/mol. The molecule has 2 aromatic heterocycles. The highest BCUT2D eigenvalue weighted by atomic mass is 35.5. The van der Waals surface area contributed by atoms with E-state index in [1.165, 1.54) is 17.4 Å². The summed E-state index contributed by atoms with van der Waals surface area (Å²) in [6.45, 7) is 0.825. The van der Waals surface area contributed by atoms with E-state index >= 15 is 0 Å². The van der Waals surface area contributed by atoms with Gasteiger partial charge in [0, 0.05) is 55.3 Å². The third kappa shape index (κ3) is 9.05. The van der Waals surface area contributed by atoms with Crippen LogP contribution in [-0.2, 0) is 20.8 Å². The third-order valence-corrected chi connectivity index (χ3v) is 7.26. The zero-order valence-electron chi connectivity index (χ0n) is 20.9. The molecule has 204 valence electrons. The van der Waals surface area contributed by atoms with E-state index in [9.17, 15) is 14.4 Å². The van der Waals surface area contributed by atoms with E-state index in [0.29, 0.717) is 46.2 Å². The van der Waals surface area contributed by atoms with Crippen LogP contribution in [0.1, 0.15) is 24.1 Å². The summed E-state index contributed by atoms with van der Waals surface area (Å²) >= 11 is 13.1. The maximum Gasteiger partial charge on any atom is 0.274 e. The molecule has 4 rings (SSSR count). The molecule has 0 aliphatic carbocycles. The summed E-state index contributed by atoms with van der Waals surface area (Å²) in [6, 6.07) is 11.4. The second-order valence-electron chi connectivity index (χ2n) is 8.82. The van der Waals surface area contributed by atoms with Gasteiger partial charge in [-0.05, 0) is 35.9 Å². The number of nitrogens with one attached hydrogen (secondary N) is 2. The Morgan fingerprint density at radius 3 is 2.54 bits per heavy atom. The number of pyridine rings is 1. The molecular weight excluding hydrogens is 561 g/mol. The smallest absolute Gasteiger partial charge is 0.274 e. The summed E-state index contributed by atoms with van der Waals surface area (Å²) in [4.78, 5) is 48.5. The van der Waals surface area contributed by atoms with Crippen LogP contribution in [0.15, 0.2) is 60.9 Å². The van der Waals surface area contributed by atoms with Crippen LogP contribution in [0.5, 0.6) is 5.19 Å². The summed E-state index contributed by atoms with van der Waals surface area (Å²) in [7, 11) is 0. The lowest BCUT2D eigenvalue weighted by Gasteiger charge is -2.31. The Morgan fingerprint density at radius 2 is 1.87 bits per heavy atom. The van der Waals surface area contributed by atoms with Crippen LogP contribution in [0.2, 0.25) is 9.36 Å². The fourth-order valence-corrected chi connectivity index (χ4v) is 4.89. The van der Waals surface area contributed by atoms with Crippen molar-refractivity contribution in [2.45, 2.75) is 31.4 Å². The van der Waals surface area contributed by atoms with Crippen LogP contribution >= 0.6 is 34.5 Å². The number of halogens is 2. The Labute approximate surface area is 240 Å². The zero-order chi connectivity index (χ0) is 27.6. The van der Waals surface area contributed by atoms with E-state index in [0.717, 1.165) is 5.56 Å². The van der Waals surface area contributed by atoms with Crippen LogP contribution in [0.3, 0.4) is 0 Å². The molecule has 0 spiro atoms. The highest BCUT2D eigenvalue weighted by molar-refractivity contribution is 7.17. The van der Waals surface area contributed by atoms with E-state index in [1.54, 1.807) is 65.8 Å². The number of ether oxygens (including phenoxy) is 1. The van der Waals surface area contributed by atoms with Crippen LogP contribution in [0.25, 0.3) is 6.08 Å². The topological polar surface area (TPSA) is 114 Å². The summed E-state index contributed by atoms with van der Waals surface area (Å²) in [5.41, 5.74) is 1.42. The Hall–Kier alpha value is -3.47. The number of thiazole rings is 1. The Kier molecular flexibility index (Phi) is 10.3. The average molecular weight is 589 g/mol. The minimum Gasteiger partial charge on any atom is -0.467 e. The molecule has 0 saturated carbocycles. The molecule has 0 unspecified atom stereocenters. The van der Waals surface area contributed by atoms with Gasteiger partial charge in [0.15, 0.2) is 0 Å². The maximum absolute atomic E-state index is 13.0. The number of nitrogens with zero attached hydrogens (tertiary/aromatic N) is 3.